The molecule has 3 aliphatic rings. The molecule has 16 heteroatoms. The molecule has 10 nitrogen and oxygen atoms in total. The Morgan fingerprint density at radius 3 is 2.19 bits per heavy atom. The maximum Gasteiger partial charge on any atom is 0.335 e. The first kappa shape index (κ1) is 26.9. The van der Waals surface area contributed by atoms with Crippen molar-refractivity contribution >= 4 is 15.8 Å². The van der Waals surface area contributed by atoms with Gasteiger partial charge in [-0.05, 0) is 12.1 Å². The Bertz CT molecular complexity index is 1150. The molecule has 1 aliphatic heterocycles. The summed E-state index contributed by atoms with van der Waals surface area (Å²) in [6.07, 6.45) is -19.5. The van der Waals surface area contributed by atoms with Crippen LogP contribution in [0.3, 0.4) is 0 Å². The Balaban J connectivity index is 1.77. The van der Waals surface area contributed by atoms with E-state index in [2.05, 4.69) is 0 Å². The molecule has 4 rings (SSSR count). The van der Waals surface area contributed by atoms with Crippen molar-refractivity contribution in [3.63, 3.8) is 0 Å². The number of carbonyl (C=O) groups is 1. The van der Waals surface area contributed by atoms with Crippen LogP contribution in [-0.2, 0) is 24.1 Å². The molecule has 202 valence electrons. The number of hydrogen-bond acceptors (Lipinski definition) is 9. The molecule has 7 atom stereocenters. The van der Waals surface area contributed by atoms with Crippen molar-refractivity contribution in [2.75, 3.05) is 6.26 Å². The van der Waals surface area contributed by atoms with E-state index in [9.17, 15) is 37.3 Å². The third-order valence-corrected chi connectivity index (χ3v) is 7.39. The topological polar surface area (TPSA) is 160 Å². The summed E-state index contributed by atoms with van der Waals surface area (Å²) < 4.78 is 112. The first-order chi connectivity index (χ1) is 16.5. The highest BCUT2D eigenvalue weighted by molar-refractivity contribution is 7.90. The van der Waals surface area contributed by atoms with E-state index >= 15 is 13.2 Å². The fourth-order valence-corrected chi connectivity index (χ4v) is 5.33. The molecule has 0 spiro atoms. The number of fused-ring (bicyclic) bond motifs is 1. The Hall–Kier alpha value is -2.11. The zero-order valence-electron chi connectivity index (χ0n) is 18.2. The minimum absolute atomic E-state index is 0.625. The second kappa shape index (κ2) is 8.73. The monoisotopic (exact) mass is 548 g/mol. The molecule has 0 radical (unpaired) electrons. The highest BCUT2D eigenvalue weighted by atomic mass is 32.2. The smallest absolute Gasteiger partial charge is 0.335 e. The molecule has 2 aliphatic carbocycles. The van der Waals surface area contributed by atoms with E-state index in [1.54, 1.807) is 0 Å². The molecule has 2 fully saturated rings. The number of carboxylic acids is 1. The van der Waals surface area contributed by atoms with Crippen LogP contribution in [0.2, 0.25) is 0 Å². The van der Waals surface area contributed by atoms with Crippen molar-refractivity contribution in [1.29, 1.82) is 0 Å². The zero-order valence-corrected chi connectivity index (χ0v) is 19.0. The van der Waals surface area contributed by atoms with Gasteiger partial charge in [0, 0.05) is 30.2 Å². The number of rotatable bonds is 6. The fraction of sp³-hybridized carbons (Fsp3) is 0.650. The highest BCUT2D eigenvalue weighted by Crippen LogP contribution is 2.59. The van der Waals surface area contributed by atoms with Crippen molar-refractivity contribution in [2.45, 2.75) is 78.7 Å². The minimum Gasteiger partial charge on any atom is -0.490 e. The molecular formula is C20H21F5O10S. The van der Waals surface area contributed by atoms with Gasteiger partial charge in [-0.2, -0.15) is 8.78 Å². The molecule has 0 amide bonds. The lowest BCUT2D eigenvalue weighted by atomic mass is 9.91. The van der Waals surface area contributed by atoms with E-state index < -0.39 is 111 Å². The molecule has 4 N–H and O–H groups in total. The van der Waals surface area contributed by atoms with Gasteiger partial charge in [0.05, 0.1) is 4.90 Å². The summed E-state index contributed by atoms with van der Waals surface area (Å²) in [5, 5.41) is 39.0. The molecule has 1 unspecified atom stereocenters. The number of aliphatic hydroxyl groups is 3. The van der Waals surface area contributed by atoms with Crippen LogP contribution in [0.4, 0.5) is 22.0 Å². The van der Waals surface area contributed by atoms with Crippen LogP contribution < -0.4 is 4.74 Å². The maximum absolute atomic E-state index is 15.2. The Morgan fingerprint density at radius 2 is 1.67 bits per heavy atom. The Labute approximate surface area is 200 Å². The number of aliphatic hydroxyl groups excluding tert-OH is 3. The molecule has 0 aromatic heterocycles. The SMILES string of the molecule is CS(=O)(=O)c1ccc(OC2CC(F)(F)C2)c2c1[C@H](O[C@@H]1OC(C(=O)O)[C@@H](O)[C@@H](O)[C@H]1O)C(F)(F)[C@@H]2F. The van der Waals surface area contributed by atoms with Crippen LogP contribution in [0.1, 0.15) is 36.2 Å². The molecule has 1 heterocycles. The third kappa shape index (κ3) is 4.43. The summed E-state index contributed by atoms with van der Waals surface area (Å²) in [4.78, 5) is 10.5. The highest BCUT2D eigenvalue weighted by Gasteiger charge is 2.62. The van der Waals surface area contributed by atoms with Gasteiger partial charge in [0.2, 0.25) is 0 Å². The van der Waals surface area contributed by atoms with Gasteiger partial charge in [0.15, 0.2) is 34.5 Å². The zero-order chi connectivity index (χ0) is 27.0. The number of hydrogen-bond donors (Lipinski definition) is 4. The lowest BCUT2D eigenvalue weighted by Crippen LogP contribution is -2.60. The Morgan fingerprint density at radius 1 is 1.06 bits per heavy atom. The Kier molecular flexibility index (Phi) is 6.53. The van der Waals surface area contributed by atoms with E-state index in [1.165, 1.54) is 0 Å². The van der Waals surface area contributed by atoms with Crippen molar-refractivity contribution in [3.05, 3.63) is 23.3 Å². The van der Waals surface area contributed by atoms with Gasteiger partial charge < -0.3 is 34.6 Å². The number of ether oxygens (including phenoxy) is 3. The van der Waals surface area contributed by atoms with Crippen LogP contribution in [0, 0.1) is 0 Å². The lowest BCUT2D eigenvalue weighted by Gasteiger charge is -2.40. The number of sulfone groups is 1. The number of aliphatic carboxylic acids is 1. The summed E-state index contributed by atoms with van der Waals surface area (Å²) in [6.45, 7) is 0. The number of halogens is 5. The van der Waals surface area contributed by atoms with Crippen molar-refractivity contribution in [2.24, 2.45) is 0 Å². The first-order valence-electron chi connectivity index (χ1n) is 10.5. The van der Waals surface area contributed by atoms with Crippen molar-refractivity contribution in [1.82, 2.24) is 0 Å². The minimum atomic E-state index is -4.55. The average molecular weight is 548 g/mol. The van der Waals surface area contributed by atoms with E-state index in [-0.39, 0.29) is 0 Å². The number of benzene rings is 1. The predicted octanol–water partition coefficient (Wildman–Crippen LogP) is 0.876. The second-order valence-corrected chi connectivity index (χ2v) is 10.9. The summed E-state index contributed by atoms with van der Waals surface area (Å²) in [7, 11) is -4.33. The molecule has 0 bridgehead atoms. The van der Waals surface area contributed by atoms with Gasteiger partial charge in [-0.25, -0.2) is 26.4 Å². The second-order valence-electron chi connectivity index (χ2n) is 8.95. The van der Waals surface area contributed by atoms with E-state index in [4.69, 9.17) is 19.3 Å². The normalized spacial score (nSPS) is 35.6. The predicted molar refractivity (Wildman–Crippen MR) is 105 cm³/mol. The van der Waals surface area contributed by atoms with Crippen LogP contribution in [0.25, 0.3) is 0 Å². The lowest BCUT2D eigenvalue weighted by molar-refractivity contribution is -0.324. The quantitative estimate of drug-likeness (QED) is 0.376. The van der Waals surface area contributed by atoms with E-state index in [0.29, 0.717) is 6.26 Å². The standard InChI is InChI=1S/C20H21F5O10S/c1-36(31,32)8-3-2-7(33-6-4-19(22,23)5-6)9-10(8)16(20(24,25)15(9)21)35-18-13(28)11(26)12(27)14(34-18)17(29)30/h2-3,6,11-16,18,26-28H,4-5H2,1H3,(H,29,30)/t11-,12+,13-,14?,15-,16+,18+/m1/s1. The molecule has 36 heavy (non-hydrogen) atoms. The first-order valence-corrected chi connectivity index (χ1v) is 12.4. The maximum atomic E-state index is 15.2. The number of alkyl halides is 5. The van der Waals surface area contributed by atoms with E-state index in [1.807, 2.05) is 0 Å². The van der Waals surface area contributed by atoms with Crippen molar-refractivity contribution < 1.29 is 69.8 Å². The fourth-order valence-electron chi connectivity index (χ4n) is 4.40. The van der Waals surface area contributed by atoms with Gasteiger partial charge in [-0.15, -0.1) is 0 Å². The van der Waals surface area contributed by atoms with Crippen LogP contribution >= 0.6 is 0 Å². The van der Waals surface area contributed by atoms with Gasteiger partial charge in [-0.1, -0.05) is 0 Å². The summed E-state index contributed by atoms with van der Waals surface area (Å²) in [6, 6.07) is 1.64. The van der Waals surface area contributed by atoms with Gasteiger partial charge in [-0.3, -0.25) is 0 Å². The van der Waals surface area contributed by atoms with Crippen LogP contribution in [-0.4, -0.2) is 89.7 Å². The van der Waals surface area contributed by atoms with Crippen molar-refractivity contribution in [3.8, 4) is 5.75 Å². The van der Waals surface area contributed by atoms with Gasteiger partial charge >= 0.3 is 11.9 Å². The molecule has 1 aromatic rings. The number of carboxylic acid groups (broad SMARTS) is 1. The van der Waals surface area contributed by atoms with Crippen LogP contribution in [0.5, 0.6) is 5.75 Å². The molecular weight excluding hydrogens is 527 g/mol. The summed E-state index contributed by atoms with van der Waals surface area (Å²) in [5.74, 6) is -10.1. The summed E-state index contributed by atoms with van der Waals surface area (Å²) >= 11 is 0. The average Bonchev–Trinajstić information content (AvgIpc) is 2.92. The summed E-state index contributed by atoms with van der Waals surface area (Å²) in [5.41, 5.74) is -1.93. The van der Waals surface area contributed by atoms with Gasteiger partial charge in [0.1, 0.15) is 30.2 Å². The largest absolute Gasteiger partial charge is 0.490 e. The van der Waals surface area contributed by atoms with E-state index in [0.717, 1.165) is 12.1 Å². The molecule has 1 aromatic carbocycles. The van der Waals surface area contributed by atoms with Crippen LogP contribution in [0.15, 0.2) is 17.0 Å². The third-order valence-electron chi connectivity index (χ3n) is 6.24. The molecule has 1 saturated heterocycles. The van der Waals surface area contributed by atoms with Gasteiger partial charge in [0.25, 0.3) is 5.92 Å². The molecule has 1 saturated carbocycles.